The molecule has 0 radical (unpaired) electrons. The molecule has 0 atom stereocenters. The van der Waals surface area contributed by atoms with Crippen LogP contribution in [0.4, 0.5) is 5.69 Å². The quantitative estimate of drug-likeness (QED) is 0.549. The summed E-state index contributed by atoms with van der Waals surface area (Å²) in [6.07, 6.45) is 7.62. The lowest BCUT2D eigenvalue weighted by Crippen LogP contribution is -2.44. The Balaban J connectivity index is 1.31. The largest absolute Gasteiger partial charge is 0.349 e. The number of anilines is 1. The number of sulfonamides is 1. The molecule has 1 saturated heterocycles. The van der Waals surface area contributed by atoms with Gasteiger partial charge in [-0.25, -0.2) is 18.4 Å². The van der Waals surface area contributed by atoms with Crippen LogP contribution in [0, 0.1) is 0 Å². The molecule has 1 fully saturated rings. The monoisotopic (exact) mass is 466 g/mol. The average molecular weight is 467 g/mol. The second kappa shape index (κ2) is 10.1. The highest BCUT2D eigenvalue weighted by Crippen LogP contribution is 2.20. The molecule has 0 unspecified atom stereocenters. The van der Waals surface area contributed by atoms with E-state index in [1.165, 1.54) is 12.4 Å². The van der Waals surface area contributed by atoms with Gasteiger partial charge in [-0.3, -0.25) is 19.4 Å². The standard InChI is InChI=1S/C23H26N6O3S/c1-33(31,32)28-20-7-4-5-17(13-20)22-25-14-18(15-26-22)23(30)27-19-8-11-29(12-9-19)16-21-6-2-3-10-24-21/h2-7,10,13-15,19,28H,8-9,11-12,16H2,1H3,(H,27,30). The van der Waals surface area contributed by atoms with Crippen molar-refractivity contribution in [2.75, 3.05) is 24.1 Å². The summed E-state index contributed by atoms with van der Waals surface area (Å²) in [4.78, 5) is 28.0. The fraction of sp³-hybridized carbons (Fsp3) is 0.304. The molecule has 1 aromatic carbocycles. The minimum absolute atomic E-state index is 0.107. The highest BCUT2D eigenvalue weighted by atomic mass is 32.2. The van der Waals surface area contributed by atoms with E-state index < -0.39 is 10.0 Å². The van der Waals surface area contributed by atoms with E-state index in [4.69, 9.17) is 0 Å². The maximum atomic E-state index is 12.7. The Bertz CT molecular complexity index is 1190. The number of nitrogens with one attached hydrogen (secondary N) is 2. The van der Waals surface area contributed by atoms with E-state index in [9.17, 15) is 13.2 Å². The Morgan fingerprint density at radius 1 is 1.06 bits per heavy atom. The van der Waals surface area contributed by atoms with Crippen LogP contribution >= 0.6 is 0 Å². The summed E-state index contributed by atoms with van der Waals surface area (Å²) in [5, 5.41) is 3.08. The third-order valence-electron chi connectivity index (χ3n) is 5.37. The molecule has 3 aromatic rings. The predicted molar refractivity (Wildman–Crippen MR) is 126 cm³/mol. The van der Waals surface area contributed by atoms with Crippen molar-refractivity contribution in [3.05, 3.63) is 72.3 Å². The molecule has 9 nitrogen and oxygen atoms in total. The Hall–Kier alpha value is -3.37. The molecular weight excluding hydrogens is 440 g/mol. The molecule has 0 aliphatic carbocycles. The van der Waals surface area contributed by atoms with Crippen molar-refractivity contribution < 1.29 is 13.2 Å². The molecule has 4 rings (SSSR count). The van der Waals surface area contributed by atoms with Crippen LogP contribution in [0.25, 0.3) is 11.4 Å². The number of piperidine rings is 1. The van der Waals surface area contributed by atoms with Gasteiger partial charge in [-0.15, -0.1) is 0 Å². The first-order valence-corrected chi connectivity index (χ1v) is 12.6. The first kappa shape index (κ1) is 22.8. The molecule has 1 amide bonds. The summed E-state index contributed by atoms with van der Waals surface area (Å²) in [5.41, 5.74) is 2.51. The lowest BCUT2D eigenvalue weighted by atomic mass is 10.0. The number of nitrogens with zero attached hydrogens (tertiary/aromatic N) is 4. The van der Waals surface area contributed by atoms with Gasteiger partial charge in [0.2, 0.25) is 10.0 Å². The molecule has 172 valence electrons. The summed E-state index contributed by atoms with van der Waals surface area (Å²) < 4.78 is 25.3. The van der Waals surface area contributed by atoms with Crippen LogP contribution in [-0.4, -0.2) is 59.6 Å². The van der Waals surface area contributed by atoms with Crippen LogP contribution in [-0.2, 0) is 16.6 Å². The number of pyridine rings is 1. The SMILES string of the molecule is CS(=O)(=O)Nc1cccc(-c2ncc(C(=O)NC3CCN(Cc4ccccn4)CC3)cn2)c1. The van der Waals surface area contributed by atoms with E-state index in [2.05, 4.69) is 29.9 Å². The molecule has 0 spiro atoms. The third kappa shape index (κ3) is 6.56. The van der Waals surface area contributed by atoms with Crippen molar-refractivity contribution >= 4 is 21.6 Å². The molecule has 1 aliphatic rings. The summed E-state index contributed by atoms with van der Waals surface area (Å²) in [5.74, 6) is 0.212. The molecule has 2 aromatic heterocycles. The normalized spacial score (nSPS) is 15.2. The van der Waals surface area contributed by atoms with Crippen molar-refractivity contribution in [2.24, 2.45) is 0 Å². The molecule has 2 N–H and O–H groups in total. The second-order valence-electron chi connectivity index (χ2n) is 8.10. The zero-order valence-electron chi connectivity index (χ0n) is 18.3. The topological polar surface area (TPSA) is 117 Å². The van der Waals surface area contributed by atoms with Gasteiger partial charge in [-0.1, -0.05) is 18.2 Å². The second-order valence-corrected chi connectivity index (χ2v) is 9.84. The number of hydrogen-bond donors (Lipinski definition) is 2. The number of carbonyl (C=O) groups excluding carboxylic acids is 1. The van der Waals surface area contributed by atoms with Gasteiger partial charge in [0.05, 0.1) is 17.5 Å². The maximum Gasteiger partial charge on any atom is 0.254 e. The number of hydrogen-bond acceptors (Lipinski definition) is 7. The third-order valence-corrected chi connectivity index (χ3v) is 5.98. The first-order chi connectivity index (χ1) is 15.9. The van der Waals surface area contributed by atoms with Crippen molar-refractivity contribution in [1.29, 1.82) is 0 Å². The van der Waals surface area contributed by atoms with Crippen LogP contribution < -0.4 is 10.0 Å². The molecule has 0 saturated carbocycles. The van der Waals surface area contributed by atoms with Crippen LogP contribution in [0.2, 0.25) is 0 Å². The minimum Gasteiger partial charge on any atom is -0.349 e. The first-order valence-electron chi connectivity index (χ1n) is 10.7. The zero-order valence-corrected chi connectivity index (χ0v) is 19.1. The summed E-state index contributed by atoms with van der Waals surface area (Å²) in [7, 11) is -3.38. The van der Waals surface area contributed by atoms with Gasteiger partial charge in [-0.2, -0.15) is 0 Å². The van der Waals surface area contributed by atoms with Gasteiger partial charge in [0.1, 0.15) is 0 Å². The van der Waals surface area contributed by atoms with Crippen LogP contribution in [0.3, 0.4) is 0 Å². The number of rotatable bonds is 7. The van der Waals surface area contributed by atoms with Crippen LogP contribution in [0.1, 0.15) is 28.9 Å². The van der Waals surface area contributed by atoms with Gasteiger partial charge >= 0.3 is 0 Å². The van der Waals surface area contributed by atoms with E-state index in [0.29, 0.717) is 22.6 Å². The van der Waals surface area contributed by atoms with Gasteiger partial charge in [0.25, 0.3) is 5.91 Å². The van der Waals surface area contributed by atoms with E-state index in [1.54, 1.807) is 30.5 Å². The van der Waals surface area contributed by atoms with Gasteiger partial charge in [0, 0.05) is 55.5 Å². The van der Waals surface area contributed by atoms with Crippen molar-refractivity contribution in [1.82, 2.24) is 25.2 Å². The smallest absolute Gasteiger partial charge is 0.254 e. The van der Waals surface area contributed by atoms with Crippen molar-refractivity contribution in [3.63, 3.8) is 0 Å². The summed E-state index contributed by atoms with van der Waals surface area (Å²) >= 11 is 0. The van der Waals surface area contributed by atoms with Gasteiger partial charge in [-0.05, 0) is 37.1 Å². The minimum atomic E-state index is -3.38. The zero-order chi connectivity index (χ0) is 23.3. The molecule has 0 bridgehead atoms. The number of aromatic nitrogens is 3. The van der Waals surface area contributed by atoms with Crippen LogP contribution in [0.15, 0.2) is 61.1 Å². The van der Waals surface area contributed by atoms with Gasteiger partial charge < -0.3 is 5.32 Å². The summed E-state index contributed by atoms with van der Waals surface area (Å²) in [6, 6.07) is 12.8. The molecule has 3 heterocycles. The van der Waals surface area contributed by atoms with E-state index >= 15 is 0 Å². The fourth-order valence-corrected chi connectivity index (χ4v) is 4.31. The Morgan fingerprint density at radius 3 is 2.48 bits per heavy atom. The molecular formula is C23H26N6O3S. The van der Waals surface area contributed by atoms with Crippen LogP contribution in [0.5, 0.6) is 0 Å². The van der Waals surface area contributed by atoms with Gasteiger partial charge in [0.15, 0.2) is 5.82 Å². The number of likely N-dealkylation sites (tertiary alicyclic amines) is 1. The highest BCUT2D eigenvalue weighted by molar-refractivity contribution is 7.92. The van der Waals surface area contributed by atoms with Crippen molar-refractivity contribution in [3.8, 4) is 11.4 Å². The molecule has 10 heteroatoms. The maximum absolute atomic E-state index is 12.7. The molecule has 33 heavy (non-hydrogen) atoms. The lowest BCUT2D eigenvalue weighted by Gasteiger charge is -2.32. The van der Waals surface area contributed by atoms with E-state index in [-0.39, 0.29) is 11.9 Å². The predicted octanol–water partition coefficient (Wildman–Crippen LogP) is 2.30. The number of benzene rings is 1. The highest BCUT2D eigenvalue weighted by Gasteiger charge is 2.21. The average Bonchev–Trinajstić information content (AvgIpc) is 2.80. The Kier molecular flexibility index (Phi) is 6.95. The Morgan fingerprint density at radius 2 is 1.82 bits per heavy atom. The fourth-order valence-electron chi connectivity index (χ4n) is 3.76. The number of amides is 1. The number of carbonyl (C=O) groups is 1. The lowest BCUT2D eigenvalue weighted by molar-refractivity contribution is 0.0907. The molecule has 1 aliphatic heterocycles. The Labute approximate surface area is 193 Å². The van der Waals surface area contributed by atoms with Crippen molar-refractivity contribution in [2.45, 2.75) is 25.4 Å². The van der Waals surface area contributed by atoms with E-state index in [0.717, 1.165) is 44.4 Å². The summed E-state index contributed by atoms with van der Waals surface area (Å²) in [6.45, 7) is 2.61. The van der Waals surface area contributed by atoms with E-state index in [1.807, 2.05) is 18.2 Å².